The fourth-order valence-corrected chi connectivity index (χ4v) is 2.24. The molecule has 1 aliphatic carbocycles. The van der Waals surface area contributed by atoms with Crippen LogP contribution in [0.25, 0.3) is 0 Å². The number of aliphatic hydroxyl groups is 1. The third-order valence-electron chi connectivity index (χ3n) is 3.17. The Morgan fingerprint density at radius 2 is 2.25 bits per heavy atom. The molecule has 16 heavy (non-hydrogen) atoms. The van der Waals surface area contributed by atoms with Crippen molar-refractivity contribution in [1.82, 2.24) is 5.32 Å². The molecule has 0 aliphatic heterocycles. The first-order chi connectivity index (χ1) is 7.77. The molecule has 0 heterocycles. The number of nitrogens with one attached hydrogen (secondary N) is 1. The quantitative estimate of drug-likeness (QED) is 0.710. The van der Waals surface area contributed by atoms with E-state index < -0.39 is 6.10 Å². The predicted molar refractivity (Wildman–Crippen MR) is 61.9 cm³/mol. The van der Waals surface area contributed by atoms with Crippen LogP contribution in [0.2, 0.25) is 0 Å². The Balaban J connectivity index is 2.18. The molecule has 0 spiro atoms. The van der Waals surface area contributed by atoms with Crippen molar-refractivity contribution in [1.29, 1.82) is 5.26 Å². The highest BCUT2D eigenvalue weighted by molar-refractivity contribution is 4.94. The second kappa shape index (κ2) is 7.61. The lowest BCUT2D eigenvalue weighted by atomic mass is 9.85. The van der Waals surface area contributed by atoms with Gasteiger partial charge in [0.1, 0.15) is 0 Å². The van der Waals surface area contributed by atoms with Gasteiger partial charge < -0.3 is 15.2 Å². The summed E-state index contributed by atoms with van der Waals surface area (Å²) < 4.78 is 4.86. The maximum atomic E-state index is 9.47. The van der Waals surface area contributed by atoms with E-state index in [4.69, 9.17) is 10.00 Å². The Hall–Kier alpha value is -0.630. The van der Waals surface area contributed by atoms with E-state index in [9.17, 15) is 5.11 Å². The molecule has 0 aromatic rings. The lowest BCUT2D eigenvalue weighted by Crippen LogP contribution is -2.39. The number of rotatable bonds is 6. The van der Waals surface area contributed by atoms with Gasteiger partial charge in [-0.2, -0.15) is 5.26 Å². The molecule has 4 heteroatoms. The monoisotopic (exact) mass is 226 g/mol. The summed E-state index contributed by atoms with van der Waals surface area (Å²) in [6.07, 6.45) is 4.75. The van der Waals surface area contributed by atoms with Gasteiger partial charge in [-0.05, 0) is 25.8 Å². The minimum absolute atomic E-state index is 0.147. The highest BCUT2D eigenvalue weighted by Gasteiger charge is 2.24. The zero-order chi connectivity index (χ0) is 11.8. The fraction of sp³-hybridized carbons (Fsp3) is 0.917. The van der Waals surface area contributed by atoms with Gasteiger partial charge in [0.05, 0.1) is 24.7 Å². The Bertz CT molecular complexity index is 228. The molecule has 0 aromatic heterocycles. The number of hydrogen-bond acceptors (Lipinski definition) is 4. The van der Waals surface area contributed by atoms with Crippen LogP contribution in [-0.4, -0.2) is 37.5 Å². The van der Waals surface area contributed by atoms with Crippen molar-refractivity contribution in [3.05, 3.63) is 0 Å². The molecule has 0 aromatic carbocycles. The van der Waals surface area contributed by atoms with Gasteiger partial charge in [0, 0.05) is 13.2 Å². The molecule has 92 valence electrons. The Morgan fingerprint density at radius 3 is 2.94 bits per heavy atom. The first kappa shape index (κ1) is 13.4. The maximum absolute atomic E-state index is 9.47. The first-order valence-corrected chi connectivity index (χ1v) is 6.08. The van der Waals surface area contributed by atoms with E-state index in [0.29, 0.717) is 19.1 Å². The van der Waals surface area contributed by atoms with Crippen LogP contribution in [0.1, 0.15) is 32.1 Å². The molecule has 1 aliphatic rings. The summed E-state index contributed by atoms with van der Waals surface area (Å²) in [5, 5.41) is 21.8. The van der Waals surface area contributed by atoms with E-state index in [2.05, 4.69) is 11.4 Å². The topological polar surface area (TPSA) is 65.3 Å². The SMILES string of the molecule is COCC(O)CCNC1CCCCC1C#N. The maximum Gasteiger partial charge on any atom is 0.0785 e. The van der Waals surface area contributed by atoms with Crippen LogP contribution in [-0.2, 0) is 4.74 Å². The third-order valence-corrected chi connectivity index (χ3v) is 3.17. The van der Waals surface area contributed by atoms with Crippen LogP contribution in [0.15, 0.2) is 0 Å². The molecule has 3 unspecified atom stereocenters. The van der Waals surface area contributed by atoms with Gasteiger partial charge in [-0.25, -0.2) is 0 Å². The van der Waals surface area contributed by atoms with Gasteiger partial charge in [-0.1, -0.05) is 12.8 Å². The Labute approximate surface area is 97.6 Å². The summed E-state index contributed by atoms with van der Waals surface area (Å²) in [6.45, 7) is 1.14. The smallest absolute Gasteiger partial charge is 0.0785 e. The molecule has 1 rings (SSSR count). The molecule has 0 saturated heterocycles. The second-order valence-electron chi connectivity index (χ2n) is 4.48. The summed E-state index contributed by atoms with van der Waals surface area (Å²) in [5.41, 5.74) is 0. The van der Waals surface area contributed by atoms with Crippen molar-refractivity contribution < 1.29 is 9.84 Å². The van der Waals surface area contributed by atoms with Crippen LogP contribution in [0.4, 0.5) is 0 Å². The second-order valence-corrected chi connectivity index (χ2v) is 4.48. The molecule has 1 saturated carbocycles. The van der Waals surface area contributed by atoms with Crippen LogP contribution >= 0.6 is 0 Å². The molecule has 0 radical (unpaired) electrons. The van der Waals surface area contributed by atoms with Crippen molar-refractivity contribution in [2.45, 2.75) is 44.2 Å². The van der Waals surface area contributed by atoms with Crippen LogP contribution in [0, 0.1) is 17.2 Å². The Kier molecular flexibility index (Phi) is 6.39. The average Bonchev–Trinajstić information content (AvgIpc) is 2.30. The van der Waals surface area contributed by atoms with Gasteiger partial charge in [0.25, 0.3) is 0 Å². The standard InChI is InChI=1S/C12H22N2O2/c1-16-9-11(15)6-7-14-12-5-3-2-4-10(12)8-13/h10-12,14-15H,2-7,9H2,1H3. The largest absolute Gasteiger partial charge is 0.391 e. The van der Waals surface area contributed by atoms with E-state index >= 15 is 0 Å². The normalized spacial score (nSPS) is 27.3. The Morgan fingerprint density at radius 1 is 1.50 bits per heavy atom. The van der Waals surface area contributed by atoms with E-state index in [1.54, 1.807) is 7.11 Å². The molecular formula is C12H22N2O2. The first-order valence-electron chi connectivity index (χ1n) is 6.08. The van der Waals surface area contributed by atoms with Gasteiger partial charge in [-0.15, -0.1) is 0 Å². The fourth-order valence-electron chi connectivity index (χ4n) is 2.24. The van der Waals surface area contributed by atoms with Crippen molar-refractivity contribution in [2.24, 2.45) is 5.92 Å². The van der Waals surface area contributed by atoms with E-state index in [-0.39, 0.29) is 5.92 Å². The summed E-state index contributed by atoms with van der Waals surface area (Å²) in [6, 6.07) is 2.68. The lowest BCUT2D eigenvalue weighted by molar-refractivity contribution is 0.0584. The van der Waals surface area contributed by atoms with Gasteiger partial charge >= 0.3 is 0 Å². The number of nitriles is 1. The summed E-state index contributed by atoms with van der Waals surface area (Å²) in [4.78, 5) is 0. The van der Waals surface area contributed by atoms with Crippen molar-refractivity contribution in [2.75, 3.05) is 20.3 Å². The van der Waals surface area contributed by atoms with Crippen molar-refractivity contribution in [3.8, 4) is 6.07 Å². The van der Waals surface area contributed by atoms with Crippen LogP contribution in [0.5, 0.6) is 0 Å². The lowest BCUT2D eigenvalue weighted by Gasteiger charge is -2.28. The van der Waals surface area contributed by atoms with E-state index in [1.165, 1.54) is 12.8 Å². The molecule has 1 fully saturated rings. The molecule has 0 amide bonds. The highest BCUT2D eigenvalue weighted by atomic mass is 16.5. The van der Waals surface area contributed by atoms with Crippen LogP contribution < -0.4 is 5.32 Å². The summed E-state index contributed by atoms with van der Waals surface area (Å²) in [5.74, 6) is 0.147. The van der Waals surface area contributed by atoms with Gasteiger partial charge in [0.15, 0.2) is 0 Å². The molecule has 4 nitrogen and oxygen atoms in total. The van der Waals surface area contributed by atoms with Gasteiger partial charge in [-0.3, -0.25) is 0 Å². The summed E-state index contributed by atoms with van der Waals surface area (Å²) >= 11 is 0. The van der Waals surface area contributed by atoms with E-state index in [1.807, 2.05) is 0 Å². The molecule has 0 bridgehead atoms. The third kappa shape index (κ3) is 4.48. The van der Waals surface area contributed by atoms with Crippen molar-refractivity contribution in [3.63, 3.8) is 0 Å². The highest BCUT2D eigenvalue weighted by Crippen LogP contribution is 2.23. The number of hydrogen-bond donors (Lipinski definition) is 2. The minimum atomic E-state index is -0.401. The van der Waals surface area contributed by atoms with Crippen LogP contribution in [0.3, 0.4) is 0 Å². The molecule has 2 N–H and O–H groups in total. The zero-order valence-electron chi connectivity index (χ0n) is 9.98. The number of methoxy groups -OCH3 is 1. The zero-order valence-corrected chi connectivity index (χ0v) is 9.98. The summed E-state index contributed by atoms with van der Waals surface area (Å²) in [7, 11) is 1.59. The minimum Gasteiger partial charge on any atom is -0.391 e. The average molecular weight is 226 g/mol. The predicted octanol–water partition coefficient (Wildman–Crippen LogP) is 1.06. The number of nitrogens with zero attached hydrogens (tertiary/aromatic N) is 1. The number of aliphatic hydroxyl groups excluding tert-OH is 1. The molecule has 3 atom stereocenters. The van der Waals surface area contributed by atoms with Crippen molar-refractivity contribution >= 4 is 0 Å². The molecular weight excluding hydrogens is 204 g/mol. The van der Waals surface area contributed by atoms with Gasteiger partial charge in [0.2, 0.25) is 0 Å². The van der Waals surface area contributed by atoms with E-state index in [0.717, 1.165) is 19.4 Å². The number of ether oxygens (including phenoxy) is 1.